The smallest absolute Gasteiger partial charge is 0.304 e. The minimum absolute atomic E-state index is 0.158. The summed E-state index contributed by atoms with van der Waals surface area (Å²) < 4.78 is 5.84. The van der Waals surface area contributed by atoms with Gasteiger partial charge in [0.1, 0.15) is 12.4 Å². The maximum Gasteiger partial charge on any atom is 0.304 e. The van der Waals surface area contributed by atoms with Gasteiger partial charge in [-0.2, -0.15) is 0 Å². The van der Waals surface area contributed by atoms with Gasteiger partial charge in [-0.05, 0) is 41.5 Å². The predicted molar refractivity (Wildman–Crippen MR) is 107 cm³/mol. The van der Waals surface area contributed by atoms with Crippen molar-refractivity contribution in [2.45, 2.75) is 26.1 Å². The van der Waals surface area contributed by atoms with Crippen molar-refractivity contribution in [3.8, 4) is 17.0 Å². The number of fused-ring (bicyclic) bond motifs is 1. The summed E-state index contributed by atoms with van der Waals surface area (Å²) in [5, 5.41) is 8.86. The third kappa shape index (κ3) is 4.38. The second-order valence-electron chi connectivity index (χ2n) is 6.96. The number of aliphatic carboxylic acids is 1. The molecule has 5 heteroatoms. The Labute approximate surface area is 164 Å². The van der Waals surface area contributed by atoms with Crippen LogP contribution in [-0.4, -0.2) is 27.5 Å². The maximum absolute atomic E-state index is 10.8. The lowest BCUT2D eigenvalue weighted by Crippen LogP contribution is -2.20. The van der Waals surface area contributed by atoms with Crippen molar-refractivity contribution in [1.29, 1.82) is 0 Å². The number of carboxylic acids is 1. The number of carbonyl (C=O) groups is 1. The summed E-state index contributed by atoms with van der Waals surface area (Å²) in [6.07, 6.45) is 0.158. The van der Waals surface area contributed by atoms with Crippen LogP contribution >= 0.6 is 0 Å². The molecule has 0 bridgehead atoms. The molecule has 0 fully saturated rings. The minimum atomic E-state index is -0.765. The van der Waals surface area contributed by atoms with Crippen LogP contribution in [0.15, 0.2) is 66.7 Å². The SMILES string of the molecule is O=C(O)CCN1Cc2ccc(-c3ccc(OCc4ccccc4)cc3)nc2C1. The van der Waals surface area contributed by atoms with Crippen molar-refractivity contribution in [2.24, 2.45) is 0 Å². The van der Waals surface area contributed by atoms with Gasteiger partial charge in [0.2, 0.25) is 0 Å². The van der Waals surface area contributed by atoms with Crippen LogP contribution < -0.4 is 4.74 Å². The highest BCUT2D eigenvalue weighted by atomic mass is 16.5. The van der Waals surface area contributed by atoms with Crippen molar-refractivity contribution in [1.82, 2.24) is 9.88 Å². The summed E-state index contributed by atoms with van der Waals surface area (Å²) >= 11 is 0. The summed E-state index contributed by atoms with van der Waals surface area (Å²) in [5.41, 5.74) is 5.32. The van der Waals surface area contributed by atoms with Crippen LogP contribution in [0.3, 0.4) is 0 Å². The van der Waals surface area contributed by atoms with E-state index < -0.39 is 5.97 Å². The van der Waals surface area contributed by atoms with Gasteiger partial charge < -0.3 is 9.84 Å². The fraction of sp³-hybridized carbons (Fsp3) is 0.217. The summed E-state index contributed by atoms with van der Waals surface area (Å²) in [5.74, 6) is 0.0628. The van der Waals surface area contributed by atoms with Gasteiger partial charge in [0, 0.05) is 25.2 Å². The summed E-state index contributed by atoms with van der Waals surface area (Å²) in [7, 11) is 0. The summed E-state index contributed by atoms with van der Waals surface area (Å²) in [4.78, 5) is 17.7. The third-order valence-electron chi connectivity index (χ3n) is 4.88. The molecule has 1 N–H and O–H groups in total. The van der Waals surface area contributed by atoms with Crippen LogP contribution in [0.2, 0.25) is 0 Å². The van der Waals surface area contributed by atoms with Crippen LogP contribution in [0.1, 0.15) is 23.2 Å². The normalized spacial score (nSPS) is 13.3. The molecule has 1 aromatic heterocycles. The number of rotatable bonds is 7. The van der Waals surface area contributed by atoms with E-state index in [0.29, 0.717) is 19.7 Å². The van der Waals surface area contributed by atoms with E-state index in [4.69, 9.17) is 14.8 Å². The first-order valence-electron chi connectivity index (χ1n) is 9.37. The Balaban J connectivity index is 1.40. The number of hydrogen-bond donors (Lipinski definition) is 1. The molecule has 1 aliphatic heterocycles. The lowest BCUT2D eigenvalue weighted by Gasteiger charge is -2.11. The quantitative estimate of drug-likeness (QED) is 0.674. The molecule has 4 rings (SSSR count). The summed E-state index contributed by atoms with van der Waals surface area (Å²) in [6, 6.07) is 22.2. The number of carboxylic acid groups (broad SMARTS) is 1. The fourth-order valence-electron chi connectivity index (χ4n) is 3.36. The Morgan fingerprint density at radius 1 is 1.00 bits per heavy atom. The molecule has 142 valence electrons. The topological polar surface area (TPSA) is 62.7 Å². The molecule has 0 saturated heterocycles. The zero-order valence-corrected chi connectivity index (χ0v) is 15.5. The number of nitrogens with zero attached hydrogens (tertiary/aromatic N) is 2. The zero-order chi connectivity index (χ0) is 19.3. The molecule has 2 aromatic carbocycles. The van der Waals surface area contributed by atoms with E-state index in [-0.39, 0.29) is 6.42 Å². The third-order valence-corrected chi connectivity index (χ3v) is 4.88. The Bertz CT molecular complexity index is 955. The Hall–Kier alpha value is -3.18. The molecule has 0 amide bonds. The van der Waals surface area contributed by atoms with Crippen LogP contribution in [0.4, 0.5) is 0 Å². The number of pyridine rings is 1. The first-order chi connectivity index (χ1) is 13.7. The van der Waals surface area contributed by atoms with Gasteiger partial charge in [0.25, 0.3) is 0 Å². The molecule has 2 heterocycles. The van der Waals surface area contributed by atoms with Crippen molar-refractivity contribution in [3.05, 3.63) is 83.6 Å². The van der Waals surface area contributed by atoms with E-state index in [0.717, 1.165) is 34.8 Å². The van der Waals surface area contributed by atoms with Crippen molar-refractivity contribution in [3.63, 3.8) is 0 Å². The summed E-state index contributed by atoms with van der Waals surface area (Å²) in [6.45, 7) is 2.56. The van der Waals surface area contributed by atoms with Gasteiger partial charge in [-0.25, -0.2) is 0 Å². The molecule has 0 radical (unpaired) electrons. The Morgan fingerprint density at radius 2 is 1.79 bits per heavy atom. The largest absolute Gasteiger partial charge is 0.489 e. The highest BCUT2D eigenvalue weighted by molar-refractivity contribution is 5.67. The second kappa shape index (κ2) is 8.23. The number of aromatic nitrogens is 1. The molecule has 0 aliphatic carbocycles. The lowest BCUT2D eigenvalue weighted by atomic mass is 10.1. The van der Waals surface area contributed by atoms with E-state index in [9.17, 15) is 4.79 Å². The van der Waals surface area contributed by atoms with Gasteiger partial charge in [-0.3, -0.25) is 14.7 Å². The molecular formula is C23H22N2O3. The first kappa shape index (κ1) is 18.2. The van der Waals surface area contributed by atoms with Crippen LogP contribution in [0.5, 0.6) is 5.75 Å². The van der Waals surface area contributed by atoms with E-state index >= 15 is 0 Å². The molecular weight excluding hydrogens is 352 g/mol. The monoisotopic (exact) mass is 374 g/mol. The Morgan fingerprint density at radius 3 is 2.54 bits per heavy atom. The molecule has 0 unspecified atom stereocenters. The van der Waals surface area contributed by atoms with E-state index in [1.807, 2.05) is 60.7 Å². The minimum Gasteiger partial charge on any atom is -0.489 e. The maximum atomic E-state index is 10.8. The standard InChI is InChI=1S/C23H22N2O3/c26-23(27)12-13-25-14-19-8-11-21(24-22(19)15-25)18-6-9-20(10-7-18)28-16-17-4-2-1-3-5-17/h1-11H,12-16H2,(H,26,27). The lowest BCUT2D eigenvalue weighted by molar-refractivity contribution is -0.137. The average molecular weight is 374 g/mol. The number of benzene rings is 2. The van der Waals surface area contributed by atoms with Gasteiger partial charge in [-0.15, -0.1) is 0 Å². The highest BCUT2D eigenvalue weighted by Gasteiger charge is 2.21. The van der Waals surface area contributed by atoms with E-state index in [1.165, 1.54) is 5.56 Å². The molecule has 0 spiro atoms. The number of hydrogen-bond acceptors (Lipinski definition) is 4. The van der Waals surface area contributed by atoms with Crippen LogP contribution in [0.25, 0.3) is 11.3 Å². The second-order valence-corrected chi connectivity index (χ2v) is 6.96. The average Bonchev–Trinajstić information content (AvgIpc) is 3.14. The highest BCUT2D eigenvalue weighted by Crippen LogP contribution is 2.27. The van der Waals surface area contributed by atoms with Crippen LogP contribution in [-0.2, 0) is 24.5 Å². The zero-order valence-electron chi connectivity index (χ0n) is 15.5. The van der Waals surface area contributed by atoms with E-state index in [2.05, 4.69) is 11.0 Å². The van der Waals surface area contributed by atoms with E-state index in [1.54, 1.807) is 0 Å². The van der Waals surface area contributed by atoms with Gasteiger partial charge >= 0.3 is 5.97 Å². The van der Waals surface area contributed by atoms with Gasteiger partial charge in [0.15, 0.2) is 0 Å². The van der Waals surface area contributed by atoms with Crippen LogP contribution in [0, 0.1) is 0 Å². The predicted octanol–water partition coefficient (Wildman–Crippen LogP) is 4.12. The van der Waals surface area contributed by atoms with Crippen molar-refractivity contribution < 1.29 is 14.6 Å². The van der Waals surface area contributed by atoms with Crippen molar-refractivity contribution in [2.75, 3.05) is 6.54 Å². The Kier molecular flexibility index (Phi) is 5.35. The molecule has 5 nitrogen and oxygen atoms in total. The number of ether oxygens (including phenoxy) is 1. The van der Waals surface area contributed by atoms with Gasteiger partial charge in [0.05, 0.1) is 17.8 Å². The fourth-order valence-corrected chi connectivity index (χ4v) is 3.36. The molecule has 0 atom stereocenters. The van der Waals surface area contributed by atoms with Crippen molar-refractivity contribution >= 4 is 5.97 Å². The van der Waals surface area contributed by atoms with Gasteiger partial charge in [-0.1, -0.05) is 36.4 Å². The first-order valence-corrected chi connectivity index (χ1v) is 9.37. The molecule has 0 saturated carbocycles. The molecule has 28 heavy (non-hydrogen) atoms. The molecule has 1 aliphatic rings. The molecule has 3 aromatic rings.